The number of hydrogen-bond donors (Lipinski definition) is 0. The number of esters is 1. The molecular weight excluding hydrogens is 294 g/mol. The van der Waals surface area contributed by atoms with Gasteiger partial charge in [-0.2, -0.15) is 0 Å². The Balaban J connectivity index is 2.56. The van der Waals surface area contributed by atoms with Crippen molar-refractivity contribution in [3.05, 3.63) is 29.8 Å². The van der Waals surface area contributed by atoms with Gasteiger partial charge < -0.3 is 14.4 Å². The molecular formula is C18H27NO4. The minimum Gasteiger partial charge on any atom is -0.497 e. The summed E-state index contributed by atoms with van der Waals surface area (Å²) in [5.41, 5.74) is 1.14. The van der Waals surface area contributed by atoms with E-state index in [-0.39, 0.29) is 18.3 Å². The van der Waals surface area contributed by atoms with Crippen LogP contribution >= 0.6 is 0 Å². The molecule has 0 radical (unpaired) electrons. The molecule has 0 heterocycles. The van der Waals surface area contributed by atoms with Crippen LogP contribution in [0.2, 0.25) is 0 Å². The van der Waals surface area contributed by atoms with Gasteiger partial charge in [-0.3, -0.25) is 9.59 Å². The van der Waals surface area contributed by atoms with Crippen molar-refractivity contribution >= 4 is 11.9 Å². The van der Waals surface area contributed by atoms with Gasteiger partial charge in [0.1, 0.15) is 5.75 Å². The predicted molar refractivity (Wildman–Crippen MR) is 89.4 cm³/mol. The van der Waals surface area contributed by atoms with Gasteiger partial charge in [-0.1, -0.05) is 19.1 Å². The lowest BCUT2D eigenvalue weighted by Crippen LogP contribution is -2.34. The van der Waals surface area contributed by atoms with Crippen molar-refractivity contribution in [3.63, 3.8) is 0 Å². The predicted octanol–water partition coefficient (Wildman–Crippen LogP) is 2.82. The second-order valence-corrected chi connectivity index (χ2v) is 5.28. The van der Waals surface area contributed by atoms with E-state index in [4.69, 9.17) is 9.47 Å². The monoisotopic (exact) mass is 321 g/mol. The Labute approximate surface area is 138 Å². The zero-order chi connectivity index (χ0) is 17.1. The third-order valence-corrected chi connectivity index (χ3v) is 3.54. The number of methoxy groups -OCH3 is 1. The highest BCUT2D eigenvalue weighted by molar-refractivity contribution is 5.77. The molecule has 0 fully saturated rings. The van der Waals surface area contributed by atoms with E-state index in [1.807, 2.05) is 31.2 Å². The second kappa shape index (κ2) is 10.6. The zero-order valence-electron chi connectivity index (χ0n) is 14.3. The van der Waals surface area contributed by atoms with Crippen LogP contribution in [0.5, 0.6) is 5.75 Å². The van der Waals surface area contributed by atoms with Crippen LogP contribution in [-0.4, -0.2) is 43.6 Å². The number of rotatable bonds is 10. The van der Waals surface area contributed by atoms with Crippen molar-refractivity contribution in [3.8, 4) is 5.75 Å². The summed E-state index contributed by atoms with van der Waals surface area (Å²) < 4.78 is 10.1. The smallest absolute Gasteiger partial charge is 0.307 e. The number of ether oxygens (including phenoxy) is 2. The quantitative estimate of drug-likeness (QED) is 0.622. The van der Waals surface area contributed by atoms with Gasteiger partial charge in [0, 0.05) is 19.5 Å². The minimum atomic E-state index is -0.258. The molecule has 0 aliphatic heterocycles. The maximum Gasteiger partial charge on any atom is 0.307 e. The fourth-order valence-corrected chi connectivity index (χ4v) is 2.25. The largest absolute Gasteiger partial charge is 0.497 e. The van der Waals surface area contributed by atoms with Gasteiger partial charge >= 0.3 is 5.97 Å². The van der Waals surface area contributed by atoms with E-state index in [2.05, 4.69) is 0 Å². The molecule has 0 spiro atoms. The fraction of sp³-hybridized carbons (Fsp3) is 0.556. The van der Waals surface area contributed by atoms with Crippen molar-refractivity contribution in [1.29, 1.82) is 0 Å². The minimum absolute atomic E-state index is 0.0883. The normalized spacial score (nSPS) is 10.2. The van der Waals surface area contributed by atoms with Crippen LogP contribution in [0.25, 0.3) is 0 Å². The highest BCUT2D eigenvalue weighted by Crippen LogP contribution is 2.12. The SMILES string of the molecule is CCCC(=O)N(CCC(=O)OCC)CCc1ccc(OC)cc1. The second-order valence-electron chi connectivity index (χ2n) is 5.28. The zero-order valence-corrected chi connectivity index (χ0v) is 14.3. The summed E-state index contributed by atoms with van der Waals surface area (Å²) in [4.78, 5) is 25.4. The summed E-state index contributed by atoms with van der Waals surface area (Å²) in [7, 11) is 1.63. The van der Waals surface area contributed by atoms with Crippen LogP contribution in [0.4, 0.5) is 0 Å². The Kier molecular flexibility index (Phi) is 8.80. The van der Waals surface area contributed by atoms with Crippen LogP contribution < -0.4 is 4.74 Å². The van der Waals surface area contributed by atoms with Crippen LogP contribution in [0.15, 0.2) is 24.3 Å². The molecule has 0 saturated carbocycles. The van der Waals surface area contributed by atoms with Crippen molar-refractivity contribution in [2.45, 2.75) is 39.5 Å². The lowest BCUT2D eigenvalue weighted by molar-refractivity contribution is -0.144. The van der Waals surface area contributed by atoms with Gasteiger partial charge in [0.05, 0.1) is 20.1 Å². The van der Waals surface area contributed by atoms with E-state index < -0.39 is 0 Å². The van der Waals surface area contributed by atoms with E-state index >= 15 is 0 Å². The molecule has 0 aliphatic rings. The number of nitrogens with zero attached hydrogens (tertiary/aromatic N) is 1. The first-order valence-electron chi connectivity index (χ1n) is 8.17. The van der Waals surface area contributed by atoms with Gasteiger partial charge in [-0.25, -0.2) is 0 Å². The Bertz CT molecular complexity index is 484. The van der Waals surface area contributed by atoms with E-state index in [0.29, 0.717) is 26.1 Å². The summed E-state index contributed by atoms with van der Waals surface area (Å²) >= 11 is 0. The number of hydrogen-bond acceptors (Lipinski definition) is 4. The number of carbonyl (C=O) groups is 2. The van der Waals surface area contributed by atoms with Crippen LogP contribution in [-0.2, 0) is 20.7 Å². The first-order valence-corrected chi connectivity index (χ1v) is 8.17. The Morgan fingerprint density at radius 2 is 1.74 bits per heavy atom. The van der Waals surface area contributed by atoms with Gasteiger partial charge in [0.2, 0.25) is 5.91 Å². The first kappa shape index (κ1) is 19.0. The summed E-state index contributed by atoms with van der Waals surface area (Å²) in [6.45, 7) is 5.14. The molecule has 0 aliphatic carbocycles. The summed E-state index contributed by atoms with van der Waals surface area (Å²) in [6, 6.07) is 7.80. The average Bonchev–Trinajstić information content (AvgIpc) is 2.55. The average molecular weight is 321 g/mol. The Morgan fingerprint density at radius 3 is 2.30 bits per heavy atom. The van der Waals surface area contributed by atoms with Crippen molar-refractivity contribution in [1.82, 2.24) is 4.90 Å². The van der Waals surface area contributed by atoms with Crippen molar-refractivity contribution in [2.75, 3.05) is 26.8 Å². The van der Waals surface area contributed by atoms with Crippen molar-refractivity contribution < 1.29 is 19.1 Å². The molecule has 0 saturated heterocycles. The maximum absolute atomic E-state index is 12.2. The van der Waals surface area contributed by atoms with E-state index in [9.17, 15) is 9.59 Å². The molecule has 0 atom stereocenters. The third-order valence-electron chi connectivity index (χ3n) is 3.54. The molecule has 5 heteroatoms. The molecule has 1 aromatic carbocycles. The summed E-state index contributed by atoms with van der Waals surface area (Å²) in [6.07, 6.45) is 2.30. The molecule has 0 aromatic heterocycles. The lowest BCUT2D eigenvalue weighted by Gasteiger charge is -2.22. The first-order chi connectivity index (χ1) is 11.1. The number of benzene rings is 1. The van der Waals surface area contributed by atoms with E-state index in [1.165, 1.54) is 0 Å². The molecule has 1 aromatic rings. The molecule has 0 bridgehead atoms. The van der Waals surface area contributed by atoms with Crippen LogP contribution in [0.3, 0.4) is 0 Å². The van der Waals surface area contributed by atoms with Crippen molar-refractivity contribution in [2.24, 2.45) is 0 Å². The maximum atomic E-state index is 12.2. The Hall–Kier alpha value is -2.04. The molecule has 23 heavy (non-hydrogen) atoms. The Morgan fingerprint density at radius 1 is 1.04 bits per heavy atom. The van der Waals surface area contributed by atoms with E-state index in [1.54, 1.807) is 18.9 Å². The summed E-state index contributed by atoms with van der Waals surface area (Å²) in [5.74, 6) is 0.645. The molecule has 0 N–H and O–H groups in total. The molecule has 1 amide bonds. The van der Waals surface area contributed by atoms with E-state index in [0.717, 1.165) is 24.2 Å². The van der Waals surface area contributed by atoms with Crippen LogP contribution in [0.1, 0.15) is 38.7 Å². The summed E-state index contributed by atoms with van der Waals surface area (Å²) in [5, 5.41) is 0. The lowest BCUT2D eigenvalue weighted by atomic mass is 10.1. The van der Waals surface area contributed by atoms with Gasteiger partial charge in [-0.05, 0) is 37.5 Å². The molecule has 128 valence electrons. The standard InChI is InChI=1S/C18H27NO4/c1-4-6-17(20)19(14-12-18(21)23-5-2)13-11-15-7-9-16(22-3)10-8-15/h7-10H,4-6,11-14H2,1-3H3. The molecule has 5 nitrogen and oxygen atoms in total. The van der Waals surface area contributed by atoms with Gasteiger partial charge in [0.15, 0.2) is 0 Å². The highest BCUT2D eigenvalue weighted by Gasteiger charge is 2.14. The third kappa shape index (κ3) is 7.17. The van der Waals surface area contributed by atoms with Crippen LogP contribution in [0, 0.1) is 0 Å². The fourth-order valence-electron chi connectivity index (χ4n) is 2.25. The van der Waals surface area contributed by atoms with Gasteiger partial charge in [0.25, 0.3) is 0 Å². The topological polar surface area (TPSA) is 55.8 Å². The molecule has 1 rings (SSSR count). The van der Waals surface area contributed by atoms with Gasteiger partial charge in [-0.15, -0.1) is 0 Å². The molecule has 0 unspecified atom stereocenters. The number of carbonyl (C=O) groups excluding carboxylic acids is 2. The highest BCUT2D eigenvalue weighted by atomic mass is 16.5. The number of amides is 1.